The van der Waals surface area contributed by atoms with Crippen LogP contribution in [-0.4, -0.2) is 40.9 Å². The molecule has 0 fully saturated rings. The van der Waals surface area contributed by atoms with Crippen molar-refractivity contribution in [2.45, 2.75) is 31.1 Å². The number of nitrogens with zero attached hydrogens (tertiary/aromatic N) is 1. The Balaban J connectivity index is 1.38. The molecule has 0 saturated heterocycles. The lowest BCUT2D eigenvalue weighted by molar-refractivity contribution is -0.118. The second-order valence-corrected chi connectivity index (χ2v) is 7.96. The van der Waals surface area contributed by atoms with Crippen LogP contribution in [0.3, 0.4) is 0 Å². The number of carbonyl (C=O) groups is 1. The van der Waals surface area contributed by atoms with Gasteiger partial charge in [0.05, 0.1) is 24.8 Å². The second kappa shape index (κ2) is 11.5. The van der Waals surface area contributed by atoms with Gasteiger partial charge in [0.15, 0.2) is 0 Å². The van der Waals surface area contributed by atoms with Crippen LogP contribution in [0.25, 0.3) is 0 Å². The maximum absolute atomic E-state index is 11.9. The van der Waals surface area contributed by atoms with Crippen molar-refractivity contribution in [3.05, 3.63) is 77.7 Å². The number of carbonyl (C=O) groups excluding carboxylic acids is 1. The zero-order valence-corrected chi connectivity index (χ0v) is 17.2. The number of aromatic nitrogens is 1. The monoisotopic (exact) mass is 413 g/mol. The Kier molecular flexibility index (Phi) is 8.40. The highest BCUT2D eigenvalue weighted by Crippen LogP contribution is 2.12. The highest BCUT2D eigenvalue weighted by Gasteiger charge is 2.10. The van der Waals surface area contributed by atoms with Crippen LogP contribution in [0.15, 0.2) is 65.3 Å². The highest BCUT2D eigenvalue weighted by molar-refractivity contribution is 7.99. The fraction of sp³-hybridized carbons (Fsp3) is 0.364. The molecule has 1 aliphatic rings. The molecule has 0 aromatic carbocycles. The quantitative estimate of drug-likeness (QED) is 0.410. The van der Waals surface area contributed by atoms with Gasteiger partial charge in [-0.25, -0.2) is 0 Å². The molecule has 29 heavy (non-hydrogen) atoms. The third kappa shape index (κ3) is 7.79. The van der Waals surface area contributed by atoms with Crippen molar-refractivity contribution in [2.24, 2.45) is 0 Å². The van der Waals surface area contributed by atoms with Crippen LogP contribution in [-0.2, 0) is 23.4 Å². The zero-order chi connectivity index (χ0) is 20.3. The number of rotatable bonds is 10. The molecule has 0 radical (unpaired) electrons. The molecule has 6 nitrogen and oxygen atoms in total. The van der Waals surface area contributed by atoms with E-state index in [0.717, 1.165) is 36.4 Å². The molecular formula is C22H27N3O3S. The number of amides is 1. The van der Waals surface area contributed by atoms with E-state index in [1.165, 1.54) is 17.3 Å². The molecule has 2 aromatic rings. The van der Waals surface area contributed by atoms with E-state index in [1.807, 2.05) is 18.3 Å². The second-order valence-electron chi connectivity index (χ2n) is 6.97. The molecule has 0 spiro atoms. The lowest BCUT2D eigenvalue weighted by Crippen LogP contribution is -2.33. The summed E-state index contributed by atoms with van der Waals surface area (Å²) in [5, 5.41) is 16.3. The first-order chi connectivity index (χ1) is 14.2. The van der Waals surface area contributed by atoms with Crippen molar-refractivity contribution in [3.8, 4) is 0 Å². The molecule has 1 aliphatic heterocycles. The number of pyridine rings is 1. The SMILES string of the molecule is O=C(CSCc1ccoc1)NCC(O)=CCc1cc(CC2CC=CCN2)ccn1. The molecule has 1 unspecified atom stereocenters. The standard InChI is InChI=1S/C22H27N3O3S/c26-21(13-25-22(27)16-29-15-18-7-10-28-14-18)5-4-20-12-17(6-9-24-20)11-19-3-1-2-8-23-19/h1-2,5-7,9-10,12,14,19,23,26H,3-4,8,11,13,15-16H2,(H,25,27). The van der Waals surface area contributed by atoms with Crippen LogP contribution in [0.4, 0.5) is 0 Å². The summed E-state index contributed by atoms with van der Waals surface area (Å²) in [5.74, 6) is 1.10. The Morgan fingerprint density at radius 3 is 3.10 bits per heavy atom. The van der Waals surface area contributed by atoms with E-state index in [-0.39, 0.29) is 18.2 Å². The first kappa shape index (κ1) is 21.2. The van der Waals surface area contributed by atoms with Gasteiger partial charge in [0.1, 0.15) is 5.76 Å². The van der Waals surface area contributed by atoms with Crippen LogP contribution in [0.2, 0.25) is 0 Å². The predicted octanol–water partition coefficient (Wildman–Crippen LogP) is 3.17. The van der Waals surface area contributed by atoms with Gasteiger partial charge < -0.3 is 20.2 Å². The minimum atomic E-state index is -0.104. The van der Waals surface area contributed by atoms with Crippen molar-refractivity contribution in [3.63, 3.8) is 0 Å². The van der Waals surface area contributed by atoms with Crippen molar-refractivity contribution in [1.82, 2.24) is 15.6 Å². The Morgan fingerprint density at radius 1 is 1.38 bits per heavy atom. The maximum Gasteiger partial charge on any atom is 0.230 e. The van der Waals surface area contributed by atoms with Gasteiger partial charge in [0.25, 0.3) is 0 Å². The van der Waals surface area contributed by atoms with Crippen molar-refractivity contribution in [1.29, 1.82) is 0 Å². The Bertz CT molecular complexity index is 834. The number of aliphatic hydroxyl groups is 1. The fourth-order valence-corrected chi connectivity index (χ4v) is 3.83. The van der Waals surface area contributed by atoms with E-state index in [4.69, 9.17) is 4.42 Å². The van der Waals surface area contributed by atoms with Crippen LogP contribution in [0.5, 0.6) is 0 Å². The average molecular weight is 414 g/mol. The minimum absolute atomic E-state index is 0.104. The summed E-state index contributed by atoms with van der Waals surface area (Å²) in [5.41, 5.74) is 3.19. The van der Waals surface area contributed by atoms with Gasteiger partial charge in [-0.05, 0) is 42.7 Å². The summed E-state index contributed by atoms with van der Waals surface area (Å²) in [7, 11) is 0. The number of furan rings is 1. The van der Waals surface area contributed by atoms with Gasteiger partial charge in [-0.15, -0.1) is 11.8 Å². The van der Waals surface area contributed by atoms with Gasteiger partial charge in [0.2, 0.25) is 5.91 Å². The van der Waals surface area contributed by atoms with Gasteiger partial charge in [-0.2, -0.15) is 0 Å². The first-order valence-electron chi connectivity index (χ1n) is 9.75. The smallest absolute Gasteiger partial charge is 0.230 e. The molecule has 0 aliphatic carbocycles. The molecule has 3 heterocycles. The summed E-state index contributed by atoms with van der Waals surface area (Å²) in [6.45, 7) is 1.05. The summed E-state index contributed by atoms with van der Waals surface area (Å²) >= 11 is 1.50. The maximum atomic E-state index is 11.9. The Morgan fingerprint density at radius 2 is 2.31 bits per heavy atom. The molecule has 0 bridgehead atoms. The first-order valence-corrected chi connectivity index (χ1v) is 10.9. The third-order valence-electron chi connectivity index (χ3n) is 4.57. The molecule has 3 N–H and O–H groups in total. The molecule has 154 valence electrons. The average Bonchev–Trinajstić information content (AvgIpc) is 3.25. The van der Waals surface area contributed by atoms with Crippen LogP contribution in [0, 0.1) is 0 Å². The van der Waals surface area contributed by atoms with Crippen molar-refractivity contribution in [2.75, 3.05) is 18.8 Å². The van der Waals surface area contributed by atoms with E-state index in [1.54, 1.807) is 18.6 Å². The van der Waals surface area contributed by atoms with Crippen LogP contribution < -0.4 is 10.6 Å². The molecule has 2 aromatic heterocycles. The van der Waals surface area contributed by atoms with Crippen molar-refractivity contribution >= 4 is 17.7 Å². The third-order valence-corrected chi connectivity index (χ3v) is 5.57. The summed E-state index contributed by atoms with van der Waals surface area (Å²) in [4.78, 5) is 16.2. The topological polar surface area (TPSA) is 87.4 Å². The Hall–Kier alpha value is -2.51. The largest absolute Gasteiger partial charge is 0.511 e. The number of thioether (sulfide) groups is 1. The number of hydrogen-bond acceptors (Lipinski definition) is 6. The van der Waals surface area contributed by atoms with Crippen LogP contribution in [0.1, 0.15) is 23.2 Å². The van der Waals surface area contributed by atoms with Crippen molar-refractivity contribution < 1.29 is 14.3 Å². The number of aliphatic hydroxyl groups excluding tert-OH is 1. The highest BCUT2D eigenvalue weighted by atomic mass is 32.2. The molecule has 1 amide bonds. The lowest BCUT2D eigenvalue weighted by Gasteiger charge is -2.19. The van der Waals surface area contributed by atoms with Gasteiger partial charge in [-0.3, -0.25) is 9.78 Å². The molecule has 0 saturated carbocycles. The molecule has 7 heteroatoms. The molecule has 3 rings (SSSR count). The number of hydrogen-bond donors (Lipinski definition) is 3. The van der Waals surface area contributed by atoms with Gasteiger partial charge in [0, 0.05) is 42.2 Å². The molecule has 1 atom stereocenters. The normalized spacial score (nSPS) is 16.7. The predicted molar refractivity (Wildman–Crippen MR) is 116 cm³/mol. The van der Waals surface area contributed by atoms with E-state index in [0.29, 0.717) is 18.2 Å². The Labute approximate surface area is 175 Å². The van der Waals surface area contributed by atoms with Gasteiger partial charge in [-0.1, -0.05) is 12.2 Å². The van der Waals surface area contributed by atoms with E-state index < -0.39 is 0 Å². The van der Waals surface area contributed by atoms with Gasteiger partial charge >= 0.3 is 0 Å². The zero-order valence-electron chi connectivity index (χ0n) is 16.3. The minimum Gasteiger partial charge on any atom is -0.511 e. The van der Waals surface area contributed by atoms with E-state index >= 15 is 0 Å². The number of allylic oxidation sites excluding steroid dienone is 1. The summed E-state index contributed by atoms with van der Waals surface area (Å²) in [6.07, 6.45) is 13.7. The van der Waals surface area contributed by atoms with E-state index in [9.17, 15) is 9.90 Å². The number of nitrogens with one attached hydrogen (secondary N) is 2. The lowest BCUT2D eigenvalue weighted by atomic mass is 10.0. The van der Waals surface area contributed by atoms with Crippen LogP contribution >= 0.6 is 11.8 Å². The fourth-order valence-electron chi connectivity index (χ4n) is 3.04. The summed E-state index contributed by atoms with van der Waals surface area (Å²) in [6, 6.07) is 6.45. The summed E-state index contributed by atoms with van der Waals surface area (Å²) < 4.78 is 4.99. The van der Waals surface area contributed by atoms with E-state index in [2.05, 4.69) is 33.8 Å². The molecular weight excluding hydrogens is 386 g/mol.